The average Bonchev–Trinajstić information content (AvgIpc) is 2.18. The first kappa shape index (κ1) is 16.4. The zero-order valence-corrected chi connectivity index (χ0v) is 10.5. The number of rotatable bonds is 3. The predicted octanol–water partition coefficient (Wildman–Crippen LogP) is -0.149. The van der Waals surface area contributed by atoms with Crippen molar-refractivity contribution in [1.82, 2.24) is 0 Å². The van der Waals surface area contributed by atoms with E-state index in [4.69, 9.17) is 20.5 Å². The number of nitrogens with two attached hydrogens (primary N) is 1. The standard InChI is InChI=1S/C9H11NO3.CH4O3S/c10-8(9(12)13)5-6-1-3-7(11)4-2-6;1-5(2,3)4/h1-4,8,11H,5,10H2,(H,12,13);1H3,(H,2,3,4). The van der Waals surface area contributed by atoms with Gasteiger partial charge in [0.25, 0.3) is 10.1 Å². The van der Waals surface area contributed by atoms with Crippen LogP contribution in [0.15, 0.2) is 24.3 Å². The fourth-order valence-electron chi connectivity index (χ4n) is 0.973. The quantitative estimate of drug-likeness (QED) is 0.563. The van der Waals surface area contributed by atoms with E-state index < -0.39 is 22.1 Å². The van der Waals surface area contributed by atoms with E-state index in [1.54, 1.807) is 12.1 Å². The normalized spacial score (nSPS) is 12.2. The Morgan fingerprint density at radius 2 is 1.72 bits per heavy atom. The van der Waals surface area contributed by atoms with Crippen LogP contribution in [-0.2, 0) is 21.3 Å². The summed E-state index contributed by atoms with van der Waals surface area (Å²) in [4.78, 5) is 10.4. The van der Waals surface area contributed by atoms with Crippen LogP contribution < -0.4 is 5.73 Å². The smallest absolute Gasteiger partial charge is 0.320 e. The highest BCUT2D eigenvalue weighted by atomic mass is 32.2. The molecule has 1 aromatic rings. The van der Waals surface area contributed by atoms with Crippen molar-refractivity contribution in [1.29, 1.82) is 0 Å². The van der Waals surface area contributed by atoms with E-state index in [-0.39, 0.29) is 12.2 Å². The van der Waals surface area contributed by atoms with Gasteiger partial charge in [0.2, 0.25) is 0 Å². The Morgan fingerprint density at radius 1 is 1.33 bits per heavy atom. The van der Waals surface area contributed by atoms with E-state index in [1.807, 2.05) is 0 Å². The van der Waals surface area contributed by atoms with Crippen LogP contribution in [0.1, 0.15) is 5.56 Å². The molecule has 0 aromatic heterocycles. The first-order chi connectivity index (χ1) is 8.09. The van der Waals surface area contributed by atoms with Gasteiger partial charge in [0.05, 0.1) is 6.26 Å². The van der Waals surface area contributed by atoms with Crippen LogP contribution in [0.3, 0.4) is 0 Å². The third-order valence-electron chi connectivity index (χ3n) is 1.71. The van der Waals surface area contributed by atoms with Crippen LogP contribution >= 0.6 is 0 Å². The molecule has 1 aromatic carbocycles. The minimum Gasteiger partial charge on any atom is -0.508 e. The summed E-state index contributed by atoms with van der Waals surface area (Å²) in [5.41, 5.74) is 6.12. The average molecular weight is 277 g/mol. The Balaban J connectivity index is 0.000000494. The fourth-order valence-corrected chi connectivity index (χ4v) is 0.973. The minimum atomic E-state index is -3.67. The van der Waals surface area contributed by atoms with Crippen molar-refractivity contribution in [3.8, 4) is 5.75 Å². The van der Waals surface area contributed by atoms with Gasteiger partial charge in [0.15, 0.2) is 0 Å². The predicted molar refractivity (Wildman–Crippen MR) is 64.9 cm³/mol. The summed E-state index contributed by atoms with van der Waals surface area (Å²) in [7, 11) is -3.67. The molecule has 0 aliphatic carbocycles. The van der Waals surface area contributed by atoms with E-state index in [2.05, 4.69) is 0 Å². The lowest BCUT2D eigenvalue weighted by molar-refractivity contribution is -0.138. The molecule has 0 aliphatic rings. The molecule has 5 N–H and O–H groups in total. The van der Waals surface area contributed by atoms with Gasteiger partial charge in [-0.1, -0.05) is 12.1 Å². The van der Waals surface area contributed by atoms with Crippen LogP contribution in [0.4, 0.5) is 0 Å². The fraction of sp³-hybridized carbons (Fsp3) is 0.300. The van der Waals surface area contributed by atoms with Crippen molar-refractivity contribution in [2.75, 3.05) is 6.26 Å². The van der Waals surface area contributed by atoms with Crippen molar-refractivity contribution in [2.24, 2.45) is 5.73 Å². The number of benzene rings is 1. The van der Waals surface area contributed by atoms with Gasteiger partial charge in [-0.15, -0.1) is 0 Å². The SMILES string of the molecule is CS(=O)(=O)O.NC(Cc1ccc(O)cc1)C(=O)O. The molecule has 18 heavy (non-hydrogen) atoms. The summed E-state index contributed by atoms with van der Waals surface area (Å²) in [6.45, 7) is 0. The molecule has 0 bridgehead atoms. The maximum Gasteiger partial charge on any atom is 0.320 e. The maximum absolute atomic E-state index is 10.4. The van der Waals surface area contributed by atoms with E-state index in [9.17, 15) is 13.2 Å². The summed E-state index contributed by atoms with van der Waals surface area (Å²) < 4.78 is 25.9. The molecule has 102 valence electrons. The van der Waals surface area contributed by atoms with Crippen LogP contribution in [0, 0.1) is 0 Å². The van der Waals surface area contributed by atoms with Crippen molar-refractivity contribution < 1.29 is 28.0 Å². The molecular weight excluding hydrogens is 262 g/mol. The van der Waals surface area contributed by atoms with Crippen molar-refractivity contribution >= 4 is 16.1 Å². The van der Waals surface area contributed by atoms with Gasteiger partial charge in [-0.25, -0.2) is 0 Å². The highest BCUT2D eigenvalue weighted by Gasteiger charge is 2.11. The summed E-state index contributed by atoms with van der Waals surface area (Å²) in [6.07, 6.45) is 0.989. The van der Waals surface area contributed by atoms with Crippen LogP contribution in [0.2, 0.25) is 0 Å². The van der Waals surface area contributed by atoms with Crippen molar-refractivity contribution in [3.63, 3.8) is 0 Å². The Labute approximate surface area is 105 Å². The van der Waals surface area contributed by atoms with Crippen molar-refractivity contribution in [3.05, 3.63) is 29.8 Å². The lowest BCUT2D eigenvalue weighted by atomic mass is 10.1. The Kier molecular flexibility index (Phi) is 6.31. The highest BCUT2D eigenvalue weighted by Crippen LogP contribution is 2.10. The molecule has 1 rings (SSSR count). The number of aliphatic carboxylic acids is 1. The molecule has 0 heterocycles. The molecule has 0 aliphatic heterocycles. The minimum absolute atomic E-state index is 0.160. The second-order valence-corrected chi connectivity index (χ2v) is 5.01. The molecule has 1 unspecified atom stereocenters. The maximum atomic E-state index is 10.4. The van der Waals surface area contributed by atoms with E-state index in [1.165, 1.54) is 12.1 Å². The molecule has 1 atom stereocenters. The number of aromatic hydroxyl groups is 1. The Bertz CT molecular complexity index is 474. The van der Waals surface area contributed by atoms with Gasteiger partial charge in [0.1, 0.15) is 11.8 Å². The second-order valence-electron chi connectivity index (χ2n) is 3.55. The summed E-state index contributed by atoms with van der Waals surface area (Å²) in [5, 5.41) is 17.5. The third-order valence-corrected chi connectivity index (χ3v) is 1.71. The van der Waals surface area contributed by atoms with Crippen LogP contribution in [-0.4, -0.2) is 41.5 Å². The van der Waals surface area contributed by atoms with E-state index >= 15 is 0 Å². The largest absolute Gasteiger partial charge is 0.508 e. The molecule has 0 spiro atoms. The molecule has 0 saturated carbocycles. The van der Waals surface area contributed by atoms with Gasteiger partial charge >= 0.3 is 5.97 Å². The molecule has 0 fully saturated rings. The van der Waals surface area contributed by atoms with E-state index in [0.29, 0.717) is 6.26 Å². The molecule has 8 heteroatoms. The molecule has 0 radical (unpaired) electrons. The number of phenolic OH excluding ortho intramolecular Hbond substituents is 1. The molecule has 0 saturated heterocycles. The number of carbonyl (C=O) groups is 1. The molecule has 0 amide bonds. The van der Waals surface area contributed by atoms with Crippen LogP contribution in [0.25, 0.3) is 0 Å². The van der Waals surface area contributed by atoms with Crippen molar-refractivity contribution in [2.45, 2.75) is 12.5 Å². The first-order valence-corrected chi connectivity index (χ1v) is 6.63. The Morgan fingerprint density at radius 3 is 2.06 bits per heavy atom. The molecular formula is C10H15NO6S. The monoisotopic (exact) mass is 277 g/mol. The summed E-state index contributed by atoms with van der Waals surface area (Å²) in [6, 6.07) is 5.42. The van der Waals surface area contributed by atoms with Gasteiger partial charge in [-0.05, 0) is 24.1 Å². The number of hydrogen-bond acceptors (Lipinski definition) is 5. The summed E-state index contributed by atoms with van der Waals surface area (Å²) in [5.74, 6) is -0.860. The number of carboxylic acid groups (broad SMARTS) is 1. The zero-order valence-electron chi connectivity index (χ0n) is 9.65. The van der Waals surface area contributed by atoms with E-state index in [0.717, 1.165) is 5.56 Å². The second kappa shape index (κ2) is 6.94. The highest BCUT2D eigenvalue weighted by molar-refractivity contribution is 7.85. The summed E-state index contributed by atoms with van der Waals surface area (Å²) >= 11 is 0. The van der Waals surface area contributed by atoms with Gasteiger partial charge in [-0.3, -0.25) is 9.35 Å². The number of carboxylic acids is 1. The van der Waals surface area contributed by atoms with Crippen LogP contribution in [0.5, 0.6) is 5.75 Å². The van der Waals surface area contributed by atoms with Gasteiger partial charge < -0.3 is 15.9 Å². The zero-order chi connectivity index (χ0) is 14.3. The lowest BCUT2D eigenvalue weighted by Gasteiger charge is -2.05. The topological polar surface area (TPSA) is 138 Å². The van der Waals surface area contributed by atoms with Gasteiger partial charge in [0, 0.05) is 0 Å². The third kappa shape index (κ3) is 9.58. The number of hydrogen-bond donors (Lipinski definition) is 4. The number of phenols is 1. The molecule has 7 nitrogen and oxygen atoms in total. The first-order valence-electron chi connectivity index (χ1n) is 4.78. The van der Waals surface area contributed by atoms with Gasteiger partial charge in [-0.2, -0.15) is 8.42 Å². The lowest BCUT2D eigenvalue weighted by Crippen LogP contribution is -2.32. The Hall–Kier alpha value is -1.64.